The van der Waals surface area contributed by atoms with Crippen LogP contribution in [0.4, 0.5) is 0 Å². The highest BCUT2D eigenvalue weighted by atomic mass is 32.1. The molecule has 0 heterocycles. The second kappa shape index (κ2) is 8.44. The molecule has 6 nitrogen and oxygen atoms in total. The Morgan fingerprint density at radius 1 is 0.917 bits per heavy atom. The number of hydrogen-bond donors (Lipinski definition) is 4. The molecule has 5 N–H and O–H groups in total. The first-order valence-corrected chi connectivity index (χ1v) is 7.46. The molecule has 0 aliphatic carbocycles. The minimum atomic E-state index is -0.573. The molecule has 24 heavy (non-hydrogen) atoms. The van der Waals surface area contributed by atoms with Crippen LogP contribution in [0.3, 0.4) is 0 Å². The van der Waals surface area contributed by atoms with Crippen molar-refractivity contribution in [2.24, 2.45) is 5.73 Å². The van der Waals surface area contributed by atoms with Crippen molar-refractivity contribution < 1.29 is 9.59 Å². The molecule has 0 spiro atoms. The molecular formula is C17H16N4O2S. The minimum absolute atomic E-state index is 0.0544. The molecule has 2 amide bonds. The summed E-state index contributed by atoms with van der Waals surface area (Å²) in [6.07, 6.45) is 1.55. The van der Waals surface area contributed by atoms with Gasteiger partial charge < -0.3 is 11.1 Å². The van der Waals surface area contributed by atoms with Gasteiger partial charge in [-0.05, 0) is 36.0 Å². The third-order valence-corrected chi connectivity index (χ3v) is 3.04. The van der Waals surface area contributed by atoms with Crippen molar-refractivity contribution in [1.29, 1.82) is 0 Å². The van der Waals surface area contributed by atoms with Crippen LogP contribution in [0.5, 0.6) is 0 Å². The summed E-state index contributed by atoms with van der Waals surface area (Å²) < 4.78 is 0. The number of carbonyl (C=O) groups excluding carboxylic acids is 2. The van der Waals surface area contributed by atoms with Gasteiger partial charge in [-0.3, -0.25) is 20.4 Å². The average molecular weight is 340 g/mol. The van der Waals surface area contributed by atoms with Gasteiger partial charge in [-0.1, -0.05) is 48.5 Å². The summed E-state index contributed by atoms with van der Waals surface area (Å²) in [4.78, 5) is 24.5. The molecule has 0 atom stereocenters. The van der Waals surface area contributed by atoms with Gasteiger partial charge in [-0.25, -0.2) is 0 Å². The number of hydrazine groups is 1. The van der Waals surface area contributed by atoms with E-state index < -0.39 is 11.8 Å². The Morgan fingerprint density at radius 3 is 2.08 bits per heavy atom. The highest BCUT2D eigenvalue weighted by Gasteiger charge is 2.14. The van der Waals surface area contributed by atoms with Crippen molar-refractivity contribution in [2.45, 2.75) is 0 Å². The molecule has 0 aliphatic rings. The van der Waals surface area contributed by atoms with E-state index in [2.05, 4.69) is 28.4 Å². The van der Waals surface area contributed by atoms with Crippen LogP contribution in [0.2, 0.25) is 0 Å². The SMILES string of the molecule is NC(=S)NNC(=O)/C(=C/c1ccccc1)NC(=O)c1ccccc1. The number of amides is 2. The van der Waals surface area contributed by atoms with Crippen LogP contribution in [0.15, 0.2) is 66.4 Å². The summed E-state index contributed by atoms with van der Waals surface area (Å²) in [7, 11) is 0. The monoisotopic (exact) mass is 340 g/mol. The Bertz CT molecular complexity index is 761. The van der Waals surface area contributed by atoms with Crippen molar-refractivity contribution in [3.63, 3.8) is 0 Å². The average Bonchev–Trinajstić information content (AvgIpc) is 2.60. The molecule has 7 heteroatoms. The molecule has 0 unspecified atom stereocenters. The van der Waals surface area contributed by atoms with Gasteiger partial charge in [0.2, 0.25) is 0 Å². The molecule has 0 saturated heterocycles. The van der Waals surface area contributed by atoms with Gasteiger partial charge in [0.25, 0.3) is 11.8 Å². The van der Waals surface area contributed by atoms with E-state index in [0.717, 1.165) is 5.56 Å². The first kappa shape index (κ1) is 17.2. The molecule has 2 aromatic rings. The van der Waals surface area contributed by atoms with E-state index in [0.29, 0.717) is 5.56 Å². The number of carbonyl (C=O) groups is 2. The molecule has 0 radical (unpaired) electrons. The second-order valence-corrected chi connectivity index (χ2v) is 5.17. The molecule has 2 aromatic carbocycles. The third kappa shape index (κ3) is 5.22. The van der Waals surface area contributed by atoms with Gasteiger partial charge in [0, 0.05) is 5.56 Å². The molecule has 0 aromatic heterocycles. The molecule has 0 aliphatic heterocycles. The van der Waals surface area contributed by atoms with Crippen molar-refractivity contribution in [2.75, 3.05) is 0 Å². The normalized spacial score (nSPS) is 10.6. The lowest BCUT2D eigenvalue weighted by molar-refractivity contribution is -0.118. The summed E-state index contributed by atoms with van der Waals surface area (Å²) in [6, 6.07) is 17.7. The Labute approximate surface area is 144 Å². The van der Waals surface area contributed by atoms with E-state index in [1.54, 1.807) is 36.4 Å². The summed E-state index contributed by atoms with van der Waals surface area (Å²) >= 11 is 4.64. The largest absolute Gasteiger partial charge is 0.375 e. The summed E-state index contributed by atoms with van der Waals surface area (Å²) in [5.74, 6) is -0.973. The van der Waals surface area contributed by atoms with E-state index in [9.17, 15) is 9.59 Å². The second-order valence-electron chi connectivity index (χ2n) is 4.73. The van der Waals surface area contributed by atoms with E-state index in [1.807, 2.05) is 30.3 Å². The van der Waals surface area contributed by atoms with Crippen LogP contribution in [0.1, 0.15) is 15.9 Å². The lowest BCUT2D eigenvalue weighted by Gasteiger charge is -2.11. The van der Waals surface area contributed by atoms with Crippen LogP contribution >= 0.6 is 12.2 Å². The van der Waals surface area contributed by atoms with Crippen molar-refractivity contribution >= 4 is 35.2 Å². The van der Waals surface area contributed by atoms with Gasteiger partial charge >= 0.3 is 0 Å². The summed E-state index contributed by atoms with van der Waals surface area (Å²) in [5, 5.41) is 2.51. The van der Waals surface area contributed by atoms with Crippen LogP contribution in [-0.2, 0) is 4.79 Å². The van der Waals surface area contributed by atoms with Crippen LogP contribution in [-0.4, -0.2) is 16.9 Å². The van der Waals surface area contributed by atoms with E-state index in [-0.39, 0.29) is 10.8 Å². The maximum absolute atomic E-state index is 12.3. The fourth-order valence-corrected chi connectivity index (χ4v) is 1.90. The summed E-state index contributed by atoms with van der Waals surface area (Å²) in [5.41, 5.74) is 11.2. The number of thiocarbonyl (C=S) groups is 1. The van der Waals surface area contributed by atoms with Crippen LogP contribution in [0.25, 0.3) is 6.08 Å². The Morgan fingerprint density at radius 2 is 1.50 bits per heavy atom. The molecule has 0 saturated carbocycles. The fourth-order valence-electron chi connectivity index (χ4n) is 1.84. The maximum atomic E-state index is 12.3. The molecule has 0 fully saturated rings. The highest BCUT2D eigenvalue weighted by molar-refractivity contribution is 7.80. The van der Waals surface area contributed by atoms with Crippen LogP contribution in [0, 0.1) is 0 Å². The zero-order valence-electron chi connectivity index (χ0n) is 12.7. The van der Waals surface area contributed by atoms with Gasteiger partial charge in [-0.2, -0.15) is 0 Å². The zero-order valence-corrected chi connectivity index (χ0v) is 13.5. The highest BCUT2D eigenvalue weighted by Crippen LogP contribution is 2.06. The van der Waals surface area contributed by atoms with Gasteiger partial charge in [0.15, 0.2) is 5.11 Å². The van der Waals surface area contributed by atoms with Crippen molar-refractivity contribution in [3.05, 3.63) is 77.5 Å². The van der Waals surface area contributed by atoms with E-state index >= 15 is 0 Å². The Kier molecular flexibility index (Phi) is 6.04. The zero-order chi connectivity index (χ0) is 17.4. The quantitative estimate of drug-likeness (QED) is 0.382. The van der Waals surface area contributed by atoms with Crippen molar-refractivity contribution in [1.82, 2.24) is 16.2 Å². The van der Waals surface area contributed by atoms with E-state index in [1.165, 1.54) is 0 Å². The Hall–Kier alpha value is -3.19. The molecule has 2 rings (SSSR count). The lowest BCUT2D eigenvalue weighted by atomic mass is 10.1. The first-order valence-electron chi connectivity index (χ1n) is 7.05. The molecular weight excluding hydrogens is 324 g/mol. The number of nitrogens with one attached hydrogen (secondary N) is 3. The molecule has 122 valence electrons. The number of hydrogen-bond acceptors (Lipinski definition) is 3. The first-order chi connectivity index (χ1) is 11.6. The predicted octanol–water partition coefficient (Wildman–Crippen LogP) is 1.32. The minimum Gasteiger partial charge on any atom is -0.375 e. The van der Waals surface area contributed by atoms with E-state index in [4.69, 9.17) is 5.73 Å². The number of nitrogens with two attached hydrogens (primary N) is 1. The summed E-state index contributed by atoms with van der Waals surface area (Å²) in [6.45, 7) is 0. The van der Waals surface area contributed by atoms with Gasteiger partial charge in [0.1, 0.15) is 5.70 Å². The smallest absolute Gasteiger partial charge is 0.286 e. The third-order valence-electron chi connectivity index (χ3n) is 2.94. The maximum Gasteiger partial charge on any atom is 0.286 e. The van der Waals surface area contributed by atoms with Gasteiger partial charge in [-0.15, -0.1) is 0 Å². The lowest BCUT2D eigenvalue weighted by Crippen LogP contribution is -2.47. The standard InChI is InChI=1S/C17H16N4O2S/c18-17(24)21-20-16(23)14(11-12-7-3-1-4-8-12)19-15(22)13-9-5-2-6-10-13/h1-11H,(H,19,22)(H,20,23)(H3,18,21,24)/b14-11-. The number of rotatable bonds is 4. The predicted molar refractivity (Wildman–Crippen MR) is 96.4 cm³/mol. The fraction of sp³-hybridized carbons (Fsp3) is 0. The van der Waals surface area contributed by atoms with Crippen molar-refractivity contribution in [3.8, 4) is 0 Å². The topological polar surface area (TPSA) is 96.2 Å². The van der Waals surface area contributed by atoms with Gasteiger partial charge in [0.05, 0.1) is 0 Å². The Balaban J connectivity index is 2.22. The molecule has 0 bridgehead atoms. The number of benzene rings is 2. The van der Waals surface area contributed by atoms with Crippen LogP contribution < -0.4 is 21.9 Å².